The SMILES string of the molecule is CC1(C)CCC(=O)C(Br)(Br)C1=O. The number of carbonyl (C=O) groups is 2. The van der Waals surface area contributed by atoms with Gasteiger partial charge in [0.05, 0.1) is 0 Å². The Hall–Kier alpha value is 0.300. The van der Waals surface area contributed by atoms with Gasteiger partial charge in [0.2, 0.25) is 0 Å². The van der Waals surface area contributed by atoms with E-state index in [1.165, 1.54) is 0 Å². The second kappa shape index (κ2) is 2.91. The first-order chi connectivity index (χ1) is 5.28. The first-order valence-electron chi connectivity index (χ1n) is 3.74. The second-order valence-corrected chi connectivity index (χ2v) is 7.15. The Bertz CT molecular complexity index is 243. The van der Waals surface area contributed by atoms with Crippen molar-refractivity contribution in [2.45, 2.75) is 29.9 Å². The fourth-order valence-corrected chi connectivity index (χ4v) is 2.72. The molecule has 2 nitrogen and oxygen atoms in total. The first-order valence-corrected chi connectivity index (χ1v) is 5.33. The van der Waals surface area contributed by atoms with Crippen molar-refractivity contribution in [1.82, 2.24) is 0 Å². The Kier molecular flexibility index (Phi) is 2.52. The minimum Gasteiger partial charge on any atom is -0.297 e. The molecule has 0 atom stereocenters. The highest BCUT2D eigenvalue weighted by Gasteiger charge is 2.51. The van der Waals surface area contributed by atoms with Crippen LogP contribution >= 0.6 is 31.9 Å². The summed E-state index contributed by atoms with van der Waals surface area (Å²) in [4.78, 5) is 23.0. The molecule has 0 aromatic carbocycles. The van der Waals surface area contributed by atoms with E-state index in [0.29, 0.717) is 12.8 Å². The minimum atomic E-state index is -1.12. The molecule has 1 fully saturated rings. The van der Waals surface area contributed by atoms with Crippen LogP contribution in [0.5, 0.6) is 0 Å². The summed E-state index contributed by atoms with van der Waals surface area (Å²) in [5.74, 6) is -0.155. The van der Waals surface area contributed by atoms with Crippen LogP contribution in [-0.4, -0.2) is 14.8 Å². The van der Waals surface area contributed by atoms with Crippen molar-refractivity contribution >= 4 is 43.4 Å². The molecule has 0 spiro atoms. The van der Waals surface area contributed by atoms with Crippen LogP contribution in [-0.2, 0) is 9.59 Å². The Morgan fingerprint density at radius 3 is 2.17 bits per heavy atom. The van der Waals surface area contributed by atoms with E-state index in [9.17, 15) is 9.59 Å². The lowest BCUT2D eigenvalue weighted by Gasteiger charge is -2.34. The van der Waals surface area contributed by atoms with Gasteiger partial charge >= 0.3 is 0 Å². The molecule has 12 heavy (non-hydrogen) atoms. The third-order valence-electron chi connectivity index (χ3n) is 2.23. The van der Waals surface area contributed by atoms with Crippen molar-refractivity contribution in [1.29, 1.82) is 0 Å². The zero-order chi connectivity index (χ0) is 9.57. The van der Waals surface area contributed by atoms with Crippen molar-refractivity contribution in [2.24, 2.45) is 5.41 Å². The summed E-state index contributed by atoms with van der Waals surface area (Å²) < 4.78 is -1.12. The largest absolute Gasteiger partial charge is 0.297 e. The number of Topliss-reactive ketones (excluding diaryl/α,β-unsaturated/α-hetero) is 2. The quantitative estimate of drug-likeness (QED) is 0.508. The molecular weight excluding hydrogens is 288 g/mol. The van der Waals surface area contributed by atoms with E-state index in [1.807, 2.05) is 13.8 Å². The number of hydrogen-bond acceptors (Lipinski definition) is 2. The molecule has 0 radical (unpaired) electrons. The lowest BCUT2D eigenvalue weighted by molar-refractivity contribution is -0.136. The molecule has 0 aromatic heterocycles. The van der Waals surface area contributed by atoms with E-state index in [4.69, 9.17) is 0 Å². The average Bonchev–Trinajstić information content (AvgIpc) is 1.96. The third kappa shape index (κ3) is 1.51. The summed E-state index contributed by atoms with van der Waals surface area (Å²) in [5, 5.41) is 0. The number of rotatable bonds is 0. The van der Waals surface area contributed by atoms with E-state index in [-0.39, 0.29) is 11.6 Å². The van der Waals surface area contributed by atoms with Gasteiger partial charge in [-0.15, -0.1) is 0 Å². The topological polar surface area (TPSA) is 34.1 Å². The summed E-state index contributed by atoms with van der Waals surface area (Å²) in [5.41, 5.74) is -0.402. The van der Waals surface area contributed by atoms with Gasteiger partial charge in [-0.3, -0.25) is 9.59 Å². The first kappa shape index (κ1) is 10.4. The van der Waals surface area contributed by atoms with Gasteiger partial charge in [0.1, 0.15) is 0 Å². The number of alkyl halides is 2. The summed E-state index contributed by atoms with van der Waals surface area (Å²) in [7, 11) is 0. The molecule has 1 rings (SSSR count). The lowest BCUT2D eigenvalue weighted by atomic mass is 9.76. The maximum absolute atomic E-state index is 11.7. The number of carbonyl (C=O) groups excluding carboxylic acids is 2. The minimum absolute atomic E-state index is 0.0770. The van der Waals surface area contributed by atoms with Gasteiger partial charge in [-0.25, -0.2) is 0 Å². The Morgan fingerprint density at radius 1 is 1.25 bits per heavy atom. The molecule has 0 amide bonds. The molecule has 0 N–H and O–H groups in total. The number of halogens is 2. The molecule has 0 heterocycles. The lowest BCUT2D eigenvalue weighted by Crippen LogP contribution is -2.47. The predicted molar refractivity (Wildman–Crippen MR) is 53.6 cm³/mol. The van der Waals surface area contributed by atoms with Crippen LogP contribution in [0.25, 0.3) is 0 Å². The van der Waals surface area contributed by atoms with Gasteiger partial charge in [-0.1, -0.05) is 45.7 Å². The highest BCUT2D eigenvalue weighted by molar-refractivity contribution is 9.26. The van der Waals surface area contributed by atoms with Gasteiger partial charge in [0, 0.05) is 11.8 Å². The summed E-state index contributed by atoms with van der Waals surface area (Å²) in [6.45, 7) is 3.72. The normalized spacial score (nSPS) is 27.3. The molecule has 1 saturated carbocycles. The standard InChI is InChI=1S/C8H10Br2O2/c1-7(2)4-3-5(11)8(9,10)6(7)12/h3-4H2,1-2H3. The maximum Gasteiger partial charge on any atom is 0.196 e. The molecule has 4 heteroatoms. The van der Waals surface area contributed by atoms with E-state index in [0.717, 1.165) is 0 Å². The molecule has 0 saturated heterocycles. The van der Waals surface area contributed by atoms with Crippen molar-refractivity contribution in [2.75, 3.05) is 0 Å². The molecule has 1 aliphatic rings. The van der Waals surface area contributed by atoms with Crippen LogP contribution in [0.3, 0.4) is 0 Å². The second-order valence-electron chi connectivity index (χ2n) is 3.71. The molecule has 0 aromatic rings. The Morgan fingerprint density at radius 2 is 1.75 bits per heavy atom. The summed E-state index contributed by atoms with van der Waals surface area (Å²) in [6, 6.07) is 0. The highest BCUT2D eigenvalue weighted by Crippen LogP contribution is 2.43. The van der Waals surface area contributed by atoms with E-state index in [2.05, 4.69) is 31.9 Å². The predicted octanol–water partition coefficient (Wildman–Crippen LogP) is 2.43. The molecule has 0 aliphatic heterocycles. The van der Waals surface area contributed by atoms with E-state index in [1.54, 1.807) is 0 Å². The van der Waals surface area contributed by atoms with Gasteiger partial charge < -0.3 is 0 Å². The average molecular weight is 298 g/mol. The smallest absolute Gasteiger partial charge is 0.196 e. The van der Waals surface area contributed by atoms with Crippen LogP contribution in [0.4, 0.5) is 0 Å². The van der Waals surface area contributed by atoms with Crippen LogP contribution in [0, 0.1) is 5.41 Å². The fraction of sp³-hybridized carbons (Fsp3) is 0.750. The van der Waals surface area contributed by atoms with Crippen molar-refractivity contribution < 1.29 is 9.59 Å². The monoisotopic (exact) mass is 296 g/mol. The third-order valence-corrected chi connectivity index (χ3v) is 3.83. The van der Waals surface area contributed by atoms with E-state index >= 15 is 0 Å². The van der Waals surface area contributed by atoms with Crippen molar-refractivity contribution in [3.8, 4) is 0 Å². The van der Waals surface area contributed by atoms with Crippen LogP contribution in [0.2, 0.25) is 0 Å². The number of ketones is 2. The molecule has 0 bridgehead atoms. The number of hydrogen-bond donors (Lipinski definition) is 0. The molecule has 1 aliphatic carbocycles. The maximum atomic E-state index is 11.7. The molecule has 68 valence electrons. The van der Waals surface area contributed by atoms with Crippen molar-refractivity contribution in [3.63, 3.8) is 0 Å². The molecular formula is C8H10Br2O2. The fourth-order valence-electron chi connectivity index (χ4n) is 1.25. The van der Waals surface area contributed by atoms with Gasteiger partial charge in [-0.2, -0.15) is 0 Å². The van der Waals surface area contributed by atoms with Crippen LogP contribution in [0.15, 0.2) is 0 Å². The summed E-state index contributed by atoms with van der Waals surface area (Å²) in [6.07, 6.45) is 1.10. The Balaban J connectivity index is 3.02. The highest BCUT2D eigenvalue weighted by atomic mass is 79.9. The van der Waals surface area contributed by atoms with Gasteiger partial charge in [-0.05, 0) is 6.42 Å². The zero-order valence-electron chi connectivity index (χ0n) is 6.99. The van der Waals surface area contributed by atoms with Gasteiger partial charge in [0.15, 0.2) is 14.8 Å². The van der Waals surface area contributed by atoms with Gasteiger partial charge in [0.25, 0.3) is 0 Å². The zero-order valence-corrected chi connectivity index (χ0v) is 10.2. The van der Waals surface area contributed by atoms with E-state index < -0.39 is 8.65 Å². The van der Waals surface area contributed by atoms with Crippen LogP contribution < -0.4 is 0 Å². The Labute approximate surface area is 88.3 Å². The van der Waals surface area contributed by atoms with Crippen LogP contribution in [0.1, 0.15) is 26.7 Å². The molecule has 0 unspecified atom stereocenters. The van der Waals surface area contributed by atoms with Crippen molar-refractivity contribution in [3.05, 3.63) is 0 Å². The summed E-state index contributed by atoms with van der Waals surface area (Å²) >= 11 is 6.23.